The zero-order valence-corrected chi connectivity index (χ0v) is 14.7. The number of nitrogens with zero attached hydrogens (tertiary/aromatic N) is 1. The molecule has 0 aliphatic heterocycles. The molecule has 0 radical (unpaired) electrons. The highest BCUT2D eigenvalue weighted by Crippen LogP contribution is 2.22. The monoisotopic (exact) mass is 377 g/mol. The molecule has 130 valence electrons. The number of rotatable bonds is 6. The molecule has 0 aliphatic rings. The van der Waals surface area contributed by atoms with Gasteiger partial charge >= 0.3 is 0 Å². The van der Waals surface area contributed by atoms with E-state index in [-0.39, 0.29) is 11.4 Å². The Balaban J connectivity index is 1.95. The number of nitrogens with two attached hydrogens (primary N) is 1. The van der Waals surface area contributed by atoms with E-state index in [0.29, 0.717) is 5.02 Å². The number of primary amides is 1. The normalized spacial score (nSPS) is 11.9. The fraction of sp³-hybridized carbons (Fsp3) is 0.118. The Morgan fingerprint density at radius 2 is 1.84 bits per heavy atom. The molecule has 3 aromatic rings. The van der Waals surface area contributed by atoms with Gasteiger partial charge in [0.05, 0.1) is 11.4 Å². The minimum absolute atomic E-state index is 0.0367. The molecule has 6 nitrogen and oxygen atoms in total. The summed E-state index contributed by atoms with van der Waals surface area (Å²) in [5.41, 5.74) is 6.95. The molecule has 0 spiro atoms. The molecule has 0 atom stereocenters. The molecular formula is C17H16ClN3O3S. The van der Waals surface area contributed by atoms with Gasteiger partial charge < -0.3 is 10.7 Å². The Kier molecular flexibility index (Phi) is 4.80. The van der Waals surface area contributed by atoms with Crippen LogP contribution < -0.4 is 5.73 Å². The summed E-state index contributed by atoms with van der Waals surface area (Å²) >= 11 is 5.81. The topological polar surface area (TPSA) is 96.3 Å². The third-order valence-electron chi connectivity index (χ3n) is 3.76. The van der Waals surface area contributed by atoms with Gasteiger partial charge in [0.1, 0.15) is 0 Å². The van der Waals surface area contributed by atoms with Crippen molar-refractivity contribution < 1.29 is 13.2 Å². The van der Waals surface area contributed by atoms with Crippen LogP contribution in [0, 0.1) is 0 Å². The summed E-state index contributed by atoms with van der Waals surface area (Å²) in [7, 11) is -3.88. The number of aromatic nitrogens is 1. The zero-order chi connectivity index (χ0) is 18.0. The van der Waals surface area contributed by atoms with Crippen LogP contribution in [-0.4, -0.2) is 30.2 Å². The standard InChI is InChI=1S/C17H16ClN3O3S/c18-14-2-4-15(5-3-14)25(23,24)21(11-17(19)22)10-12-1-6-16-13(9-12)7-8-20-16/h1-9,20H,10-11H2,(H2,19,22). The molecule has 0 saturated carbocycles. The van der Waals surface area contributed by atoms with Gasteiger partial charge in [-0.25, -0.2) is 8.42 Å². The maximum Gasteiger partial charge on any atom is 0.243 e. The van der Waals surface area contributed by atoms with E-state index in [1.165, 1.54) is 24.3 Å². The van der Waals surface area contributed by atoms with Crippen LogP contribution in [0.2, 0.25) is 5.02 Å². The van der Waals surface area contributed by atoms with Crippen molar-refractivity contribution in [1.82, 2.24) is 9.29 Å². The van der Waals surface area contributed by atoms with Crippen LogP contribution in [-0.2, 0) is 21.4 Å². The predicted octanol–water partition coefficient (Wildman–Crippen LogP) is 2.50. The van der Waals surface area contributed by atoms with Gasteiger partial charge in [-0.15, -0.1) is 0 Å². The van der Waals surface area contributed by atoms with Crippen molar-refractivity contribution >= 4 is 38.4 Å². The number of fused-ring (bicyclic) bond motifs is 1. The second-order valence-electron chi connectivity index (χ2n) is 5.59. The van der Waals surface area contributed by atoms with Crippen molar-refractivity contribution in [1.29, 1.82) is 0 Å². The van der Waals surface area contributed by atoms with Crippen molar-refractivity contribution in [2.45, 2.75) is 11.4 Å². The fourth-order valence-corrected chi connectivity index (χ4v) is 4.08. The minimum Gasteiger partial charge on any atom is -0.369 e. The maximum atomic E-state index is 12.9. The molecule has 0 saturated heterocycles. The number of carbonyl (C=O) groups excluding carboxylic acids is 1. The van der Waals surface area contributed by atoms with Gasteiger partial charge in [0.25, 0.3) is 0 Å². The van der Waals surface area contributed by atoms with Gasteiger partial charge in [-0.1, -0.05) is 17.7 Å². The summed E-state index contributed by atoms with van der Waals surface area (Å²) in [5.74, 6) is -0.722. The number of halogens is 1. The molecule has 0 fully saturated rings. The SMILES string of the molecule is NC(=O)CN(Cc1ccc2[nH]ccc2c1)S(=O)(=O)c1ccc(Cl)cc1. The molecule has 2 aromatic carbocycles. The first-order valence-electron chi connectivity index (χ1n) is 7.46. The van der Waals surface area contributed by atoms with Gasteiger partial charge in [-0.3, -0.25) is 4.79 Å². The largest absolute Gasteiger partial charge is 0.369 e. The van der Waals surface area contributed by atoms with E-state index in [1.54, 1.807) is 6.20 Å². The van der Waals surface area contributed by atoms with Crippen LogP contribution in [0.5, 0.6) is 0 Å². The lowest BCUT2D eigenvalue weighted by molar-refractivity contribution is -0.118. The molecule has 1 aromatic heterocycles. The summed E-state index contributed by atoms with van der Waals surface area (Å²) < 4.78 is 26.8. The average molecular weight is 378 g/mol. The molecule has 8 heteroatoms. The number of aromatic amines is 1. The summed E-state index contributed by atoms with van der Waals surface area (Å²) in [6.07, 6.45) is 1.81. The Labute approximate surface area is 150 Å². The maximum absolute atomic E-state index is 12.9. The summed E-state index contributed by atoms with van der Waals surface area (Å²) in [6.45, 7) is -0.370. The molecule has 1 heterocycles. The molecule has 1 amide bonds. The van der Waals surface area contributed by atoms with Crippen LogP contribution in [0.3, 0.4) is 0 Å². The Hall–Kier alpha value is -2.35. The number of hydrogen-bond acceptors (Lipinski definition) is 3. The molecule has 3 rings (SSSR count). The average Bonchev–Trinajstić information content (AvgIpc) is 3.02. The number of benzene rings is 2. The quantitative estimate of drug-likeness (QED) is 0.690. The van der Waals surface area contributed by atoms with Gasteiger partial charge in [0.15, 0.2) is 0 Å². The van der Waals surface area contributed by atoms with E-state index in [4.69, 9.17) is 17.3 Å². The van der Waals surface area contributed by atoms with Crippen LogP contribution in [0.1, 0.15) is 5.56 Å². The van der Waals surface area contributed by atoms with Crippen LogP contribution in [0.25, 0.3) is 10.9 Å². The van der Waals surface area contributed by atoms with Gasteiger partial charge in [0, 0.05) is 23.3 Å². The Morgan fingerprint density at radius 3 is 2.52 bits per heavy atom. The van der Waals surface area contributed by atoms with Gasteiger partial charge in [0.2, 0.25) is 15.9 Å². The van der Waals surface area contributed by atoms with Crippen LogP contribution in [0.4, 0.5) is 0 Å². The molecular weight excluding hydrogens is 362 g/mol. The second kappa shape index (κ2) is 6.87. The Morgan fingerprint density at radius 1 is 1.12 bits per heavy atom. The van der Waals surface area contributed by atoms with Gasteiger partial charge in [-0.05, 0) is 53.4 Å². The molecule has 0 unspecified atom stereocenters. The first-order valence-corrected chi connectivity index (χ1v) is 9.28. The summed E-state index contributed by atoms with van der Waals surface area (Å²) in [6, 6.07) is 13.2. The number of carbonyl (C=O) groups is 1. The van der Waals surface area contributed by atoms with Crippen molar-refractivity contribution in [2.24, 2.45) is 5.73 Å². The summed E-state index contributed by atoms with van der Waals surface area (Å²) in [5, 5.41) is 1.39. The third-order valence-corrected chi connectivity index (χ3v) is 5.82. The van der Waals surface area contributed by atoms with Crippen LogP contribution in [0.15, 0.2) is 59.6 Å². The lowest BCUT2D eigenvalue weighted by atomic mass is 10.1. The molecule has 25 heavy (non-hydrogen) atoms. The lowest BCUT2D eigenvalue weighted by Gasteiger charge is -2.21. The number of amides is 1. The van der Waals surface area contributed by atoms with Crippen molar-refractivity contribution in [3.05, 3.63) is 65.3 Å². The van der Waals surface area contributed by atoms with E-state index in [1.807, 2.05) is 24.3 Å². The lowest BCUT2D eigenvalue weighted by Crippen LogP contribution is -2.38. The number of nitrogens with one attached hydrogen (secondary N) is 1. The number of hydrogen-bond donors (Lipinski definition) is 2. The third kappa shape index (κ3) is 3.84. The van der Waals surface area contributed by atoms with E-state index in [2.05, 4.69) is 4.98 Å². The zero-order valence-electron chi connectivity index (χ0n) is 13.1. The highest BCUT2D eigenvalue weighted by atomic mass is 35.5. The molecule has 0 aliphatic carbocycles. The first-order chi connectivity index (χ1) is 11.9. The van der Waals surface area contributed by atoms with E-state index >= 15 is 0 Å². The van der Waals surface area contributed by atoms with Gasteiger partial charge in [-0.2, -0.15) is 4.31 Å². The van der Waals surface area contributed by atoms with E-state index < -0.39 is 22.5 Å². The first kappa shape index (κ1) is 17.5. The predicted molar refractivity (Wildman–Crippen MR) is 96.5 cm³/mol. The fourth-order valence-electron chi connectivity index (χ4n) is 2.56. The van der Waals surface area contributed by atoms with Crippen LogP contribution >= 0.6 is 11.6 Å². The Bertz CT molecular complexity index is 1010. The minimum atomic E-state index is -3.88. The highest BCUT2D eigenvalue weighted by Gasteiger charge is 2.26. The van der Waals surface area contributed by atoms with Crippen molar-refractivity contribution in [3.63, 3.8) is 0 Å². The molecule has 0 bridgehead atoms. The van der Waals surface area contributed by atoms with Crippen molar-refractivity contribution in [3.8, 4) is 0 Å². The van der Waals surface area contributed by atoms with E-state index in [0.717, 1.165) is 20.8 Å². The van der Waals surface area contributed by atoms with Crippen molar-refractivity contribution in [2.75, 3.05) is 6.54 Å². The highest BCUT2D eigenvalue weighted by molar-refractivity contribution is 7.89. The molecule has 3 N–H and O–H groups in total. The second-order valence-corrected chi connectivity index (χ2v) is 7.97. The number of H-pyrrole nitrogens is 1. The summed E-state index contributed by atoms with van der Waals surface area (Å²) in [4.78, 5) is 14.5. The van der Waals surface area contributed by atoms with E-state index in [9.17, 15) is 13.2 Å². The smallest absolute Gasteiger partial charge is 0.243 e. The number of sulfonamides is 1.